The second-order valence-corrected chi connectivity index (χ2v) is 6.30. The van der Waals surface area contributed by atoms with Gasteiger partial charge in [0.25, 0.3) is 0 Å². The third kappa shape index (κ3) is 3.66. The Morgan fingerprint density at radius 1 is 0.964 bits per heavy atom. The van der Waals surface area contributed by atoms with Crippen LogP contribution in [0, 0.1) is 6.92 Å². The lowest BCUT2D eigenvalue weighted by molar-refractivity contribution is 0.324. The van der Waals surface area contributed by atoms with Crippen LogP contribution in [-0.2, 0) is 6.42 Å². The third-order valence-electron chi connectivity index (χ3n) is 4.67. The molecule has 5 N–H and O–H groups in total. The van der Waals surface area contributed by atoms with E-state index in [2.05, 4.69) is 15.3 Å². The van der Waals surface area contributed by atoms with E-state index in [0.717, 1.165) is 34.1 Å². The van der Waals surface area contributed by atoms with Crippen molar-refractivity contribution in [2.75, 3.05) is 44.7 Å². The molecule has 0 aliphatic rings. The summed E-state index contributed by atoms with van der Waals surface area (Å²) in [6.07, 6.45) is 0.794. The predicted octanol–water partition coefficient (Wildman–Crippen LogP) is 2.78. The van der Waals surface area contributed by atoms with Crippen molar-refractivity contribution in [3.8, 4) is 17.2 Å². The number of ether oxygens (including phenoxy) is 3. The molecule has 0 saturated carbocycles. The van der Waals surface area contributed by atoms with Gasteiger partial charge in [-0.25, -0.2) is 4.98 Å². The normalized spacial score (nSPS) is 10.7. The molecule has 3 aromatic rings. The van der Waals surface area contributed by atoms with Crippen molar-refractivity contribution in [2.24, 2.45) is 0 Å². The molecule has 0 bridgehead atoms. The van der Waals surface area contributed by atoms with Gasteiger partial charge in [-0.05, 0) is 30.5 Å². The quantitative estimate of drug-likeness (QED) is 0.570. The van der Waals surface area contributed by atoms with Crippen LogP contribution >= 0.6 is 0 Å². The Morgan fingerprint density at radius 2 is 1.64 bits per heavy atom. The first kappa shape index (κ1) is 19.3. The maximum atomic E-state index is 6.05. The minimum Gasteiger partial charge on any atom is -0.493 e. The average molecular weight is 383 g/mol. The molecule has 0 unspecified atom stereocenters. The zero-order chi connectivity index (χ0) is 20.3. The van der Waals surface area contributed by atoms with Crippen molar-refractivity contribution in [3.05, 3.63) is 35.4 Å². The van der Waals surface area contributed by atoms with Gasteiger partial charge < -0.3 is 31.0 Å². The second kappa shape index (κ2) is 8.08. The van der Waals surface area contributed by atoms with Gasteiger partial charge in [-0.2, -0.15) is 4.98 Å². The summed E-state index contributed by atoms with van der Waals surface area (Å²) in [6, 6.07) is 7.72. The molecule has 0 fully saturated rings. The van der Waals surface area contributed by atoms with Gasteiger partial charge in [0, 0.05) is 29.8 Å². The first-order valence-electron chi connectivity index (χ1n) is 8.83. The zero-order valence-corrected chi connectivity index (χ0v) is 16.5. The van der Waals surface area contributed by atoms with Crippen molar-refractivity contribution in [1.29, 1.82) is 0 Å². The maximum Gasteiger partial charge on any atom is 0.222 e. The molecular weight excluding hydrogens is 358 g/mol. The van der Waals surface area contributed by atoms with Crippen LogP contribution in [0.1, 0.15) is 11.1 Å². The minimum atomic E-state index is 0.182. The zero-order valence-electron chi connectivity index (χ0n) is 16.5. The number of methoxy groups -OCH3 is 3. The summed E-state index contributed by atoms with van der Waals surface area (Å²) in [7, 11) is 4.77. The largest absolute Gasteiger partial charge is 0.493 e. The molecule has 0 saturated heterocycles. The van der Waals surface area contributed by atoms with E-state index in [9.17, 15) is 0 Å². The molecule has 1 aromatic heterocycles. The summed E-state index contributed by atoms with van der Waals surface area (Å²) in [5, 5.41) is 4.24. The lowest BCUT2D eigenvalue weighted by Gasteiger charge is -2.16. The fraction of sp³-hybridized carbons (Fsp3) is 0.300. The van der Waals surface area contributed by atoms with Crippen LogP contribution < -0.4 is 31.0 Å². The predicted molar refractivity (Wildman–Crippen MR) is 111 cm³/mol. The monoisotopic (exact) mass is 383 g/mol. The van der Waals surface area contributed by atoms with E-state index in [1.165, 1.54) is 0 Å². The van der Waals surface area contributed by atoms with Gasteiger partial charge >= 0.3 is 0 Å². The highest BCUT2D eigenvalue weighted by atomic mass is 16.5. The lowest BCUT2D eigenvalue weighted by atomic mass is 10.0. The number of aryl methyl sites for hydroxylation is 1. The highest BCUT2D eigenvalue weighted by Crippen LogP contribution is 2.39. The fourth-order valence-corrected chi connectivity index (χ4v) is 3.28. The summed E-state index contributed by atoms with van der Waals surface area (Å²) in [5.74, 6) is 2.36. The van der Waals surface area contributed by atoms with Crippen molar-refractivity contribution < 1.29 is 14.2 Å². The fourth-order valence-electron chi connectivity index (χ4n) is 3.28. The number of aromatic nitrogens is 2. The SMILES string of the molecule is COc1cc(NCCc2ccc3nc(N)nc(N)c3c2C)cc(OC)c1OC. The Morgan fingerprint density at radius 3 is 2.25 bits per heavy atom. The van der Waals surface area contributed by atoms with E-state index in [0.29, 0.717) is 29.6 Å². The molecular formula is C20H25N5O3. The number of nitrogens with one attached hydrogen (secondary N) is 1. The molecule has 3 rings (SSSR count). The average Bonchev–Trinajstić information content (AvgIpc) is 2.68. The lowest BCUT2D eigenvalue weighted by Crippen LogP contribution is -2.08. The van der Waals surface area contributed by atoms with Gasteiger partial charge in [-0.15, -0.1) is 0 Å². The van der Waals surface area contributed by atoms with Crippen LogP contribution in [-0.4, -0.2) is 37.8 Å². The number of benzene rings is 2. The van der Waals surface area contributed by atoms with Crippen LogP contribution in [0.3, 0.4) is 0 Å². The minimum absolute atomic E-state index is 0.182. The Labute approximate surface area is 163 Å². The molecule has 0 amide bonds. The van der Waals surface area contributed by atoms with E-state index in [4.69, 9.17) is 25.7 Å². The molecule has 0 aliphatic heterocycles. The number of nitrogens with zero attached hydrogens (tertiary/aromatic N) is 2. The summed E-state index contributed by atoms with van der Waals surface area (Å²) >= 11 is 0. The molecule has 2 aromatic carbocycles. The van der Waals surface area contributed by atoms with Gasteiger partial charge in [0.1, 0.15) is 5.82 Å². The van der Waals surface area contributed by atoms with Crippen LogP contribution in [0.2, 0.25) is 0 Å². The van der Waals surface area contributed by atoms with Crippen LogP contribution in [0.4, 0.5) is 17.5 Å². The van der Waals surface area contributed by atoms with E-state index < -0.39 is 0 Å². The Balaban J connectivity index is 1.79. The highest BCUT2D eigenvalue weighted by Gasteiger charge is 2.13. The molecule has 8 heteroatoms. The second-order valence-electron chi connectivity index (χ2n) is 6.30. The Kier molecular flexibility index (Phi) is 5.58. The molecule has 0 spiro atoms. The molecule has 0 aliphatic carbocycles. The van der Waals surface area contributed by atoms with Crippen molar-refractivity contribution in [1.82, 2.24) is 9.97 Å². The number of hydrogen-bond donors (Lipinski definition) is 3. The maximum absolute atomic E-state index is 6.05. The first-order valence-corrected chi connectivity index (χ1v) is 8.83. The Bertz CT molecular complexity index is 982. The number of hydrogen-bond acceptors (Lipinski definition) is 8. The third-order valence-corrected chi connectivity index (χ3v) is 4.67. The van der Waals surface area contributed by atoms with Gasteiger partial charge in [-0.3, -0.25) is 0 Å². The topological polar surface area (TPSA) is 118 Å². The molecule has 0 atom stereocenters. The van der Waals surface area contributed by atoms with E-state index in [1.54, 1.807) is 21.3 Å². The summed E-state index contributed by atoms with van der Waals surface area (Å²) in [5.41, 5.74) is 15.6. The van der Waals surface area contributed by atoms with E-state index >= 15 is 0 Å². The number of fused-ring (bicyclic) bond motifs is 1. The number of rotatable bonds is 7. The highest BCUT2D eigenvalue weighted by molar-refractivity contribution is 5.92. The van der Waals surface area contributed by atoms with Gasteiger partial charge in [-0.1, -0.05) is 6.07 Å². The molecule has 148 valence electrons. The van der Waals surface area contributed by atoms with E-state index in [-0.39, 0.29) is 5.95 Å². The molecule has 8 nitrogen and oxygen atoms in total. The van der Waals surface area contributed by atoms with Crippen molar-refractivity contribution in [3.63, 3.8) is 0 Å². The Hall–Kier alpha value is -3.42. The first-order chi connectivity index (χ1) is 13.5. The van der Waals surface area contributed by atoms with E-state index in [1.807, 2.05) is 31.2 Å². The summed E-state index contributed by atoms with van der Waals surface area (Å²) in [6.45, 7) is 2.73. The van der Waals surface area contributed by atoms with Crippen LogP contribution in [0.15, 0.2) is 24.3 Å². The molecule has 0 radical (unpaired) electrons. The number of anilines is 3. The van der Waals surface area contributed by atoms with Gasteiger partial charge in [0.05, 0.1) is 26.8 Å². The number of nitrogens with two attached hydrogens (primary N) is 2. The van der Waals surface area contributed by atoms with Gasteiger partial charge in [0.2, 0.25) is 11.7 Å². The number of nitrogen functional groups attached to an aromatic ring is 2. The smallest absolute Gasteiger partial charge is 0.222 e. The van der Waals surface area contributed by atoms with Gasteiger partial charge in [0.15, 0.2) is 11.5 Å². The summed E-state index contributed by atoms with van der Waals surface area (Å²) < 4.78 is 16.1. The summed E-state index contributed by atoms with van der Waals surface area (Å²) in [4.78, 5) is 8.33. The van der Waals surface area contributed by atoms with Crippen LogP contribution in [0.25, 0.3) is 10.9 Å². The van der Waals surface area contributed by atoms with Crippen molar-refractivity contribution >= 4 is 28.4 Å². The molecule has 1 heterocycles. The molecule has 28 heavy (non-hydrogen) atoms. The van der Waals surface area contributed by atoms with Crippen molar-refractivity contribution in [2.45, 2.75) is 13.3 Å². The van der Waals surface area contributed by atoms with Crippen LogP contribution in [0.5, 0.6) is 17.2 Å². The standard InChI is InChI=1S/C20H25N5O3/c1-11-12(5-6-14-17(11)19(21)25-20(22)24-14)7-8-23-13-9-15(26-2)18(28-4)16(10-13)27-3/h5-6,9-10,23H,7-8H2,1-4H3,(H4,21,22,24,25).